The molecule has 2 rings (SSSR count). The fourth-order valence-corrected chi connectivity index (χ4v) is 3.46. The number of hydrogen-bond donors (Lipinski definition) is 1. The summed E-state index contributed by atoms with van der Waals surface area (Å²) in [5.41, 5.74) is 2.19. The zero-order valence-corrected chi connectivity index (χ0v) is 14.0. The summed E-state index contributed by atoms with van der Waals surface area (Å²) >= 11 is -1.21. The minimum absolute atomic E-state index is 0.00233. The van der Waals surface area contributed by atoms with Gasteiger partial charge in [-0.3, -0.25) is 0 Å². The van der Waals surface area contributed by atoms with Gasteiger partial charge in [-0.1, -0.05) is 66.7 Å². The van der Waals surface area contributed by atoms with Gasteiger partial charge in [-0.2, -0.15) is 0 Å². The second-order valence-electron chi connectivity index (χ2n) is 5.75. The summed E-state index contributed by atoms with van der Waals surface area (Å²) in [4.78, 5) is 0. The van der Waals surface area contributed by atoms with Gasteiger partial charge < -0.3 is 4.55 Å². The molecule has 0 aliphatic carbocycles. The maximum absolute atomic E-state index is 12.9. The Morgan fingerprint density at radius 3 is 2.18 bits per heavy atom. The van der Waals surface area contributed by atoms with Crippen LogP contribution in [0.3, 0.4) is 0 Å². The van der Waals surface area contributed by atoms with Crippen molar-refractivity contribution in [1.29, 1.82) is 0 Å². The van der Waals surface area contributed by atoms with Crippen molar-refractivity contribution < 1.29 is 4.55 Å². The van der Waals surface area contributed by atoms with Crippen molar-refractivity contribution >= 4 is 11.4 Å². The summed E-state index contributed by atoms with van der Waals surface area (Å²) in [6.07, 6.45) is 2.60. The van der Waals surface area contributed by atoms with Crippen molar-refractivity contribution in [2.24, 2.45) is 0 Å². The van der Waals surface area contributed by atoms with Gasteiger partial charge in [0.05, 0.1) is 6.04 Å². The molecule has 2 nitrogen and oxygen atoms in total. The maximum Gasteiger partial charge on any atom is 0.164 e. The van der Waals surface area contributed by atoms with Gasteiger partial charge in [0.25, 0.3) is 0 Å². The van der Waals surface area contributed by atoms with Crippen molar-refractivity contribution in [1.82, 2.24) is 4.72 Å². The lowest BCUT2D eigenvalue weighted by molar-refractivity contribution is 0.519. The van der Waals surface area contributed by atoms with Gasteiger partial charge in [-0.25, -0.2) is 0 Å². The molecule has 22 heavy (non-hydrogen) atoms. The molecule has 0 aliphatic heterocycles. The molecular formula is C19H23NOS. The van der Waals surface area contributed by atoms with Crippen LogP contribution in [0.2, 0.25) is 0 Å². The lowest BCUT2D eigenvalue weighted by Crippen LogP contribution is -2.41. The summed E-state index contributed by atoms with van der Waals surface area (Å²) in [7, 11) is 0. The van der Waals surface area contributed by atoms with E-state index in [0.29, 0.717) is 0 Å². The second-order valence-corrected chi connectivity index (χ2v) is 7.54. The van der Waals surface area contributed by atoms with Crippen molar-refractivity contribution in [3.05, 3.63) is 84.4 Å². The van der Waals surface area contributed by atoms with Crippen molar-refractivity contribution in [3.8, 4) is 0 Å². The average Bonchev–Trinajstić information content (AvgIpc) is 2.56. The van der Waals surface area contributed by atoms with Gasteiger partial charge in [0.15, 0.2) is 4.75 Å². The summed E-state index contributed by atoms with van der Waals surface area (Å²) < 4.78 is 15.7. The van der Waals surface area contributed by atoms with Crippen molar-refractivity contribution in [2.75, 3.05) is 0 Å². The molecule has 1 N–H and O–H groups in total. The summed E-state index contributed by atoms with van der Waals surface area (Å²) in [5.74, 6) is 0. The van der Waals surface area contributed by atoms with Crippen LogP contribution in [0.4, 0.5) is 0 Å². The van der Waals surface area contributed by atoms with Crippen LogP contribution in [0.25, 0.3) is 0 Å². The first-order chi connectivity index (χ1) is 10.6. The summed E-state index contributed by atoms with van der Waals surface area (Å²) in [6.45, 7) is 7.82. The molecule has 1 unspecified atom stereocenters. The molecular weight excluding hydrogens is 290 g/mol. The fourth-order valence-electron chi connectivity index (χ4n) is 2.33. The molecule has 0 aromatic heterocycles. The Morgan fingerprint density at radius 2 is 1.64 bits per heavy atom. The Kier molecular flexibility index (Phi) is 5.83. The van der Waals surface area contributed by atoms with E-state index < -0.39 is 16.1 Å². The molecule has 0 amide bonds. The molecule has 0 aliphatic rings. The van der Waals surface area contributed by atoms with Crippen LogP contribution in [0.1, 0.15) is 37.4 Å². The third-order valence-electron chi connectivity index (χ3n) is 3.79. The van der Waals surface area contributed by atoms with Gasteiger partial charge >= 0.3 is 0 Å². The van der Waals surface area contributed by atoms with Crippen LogP contribution in [-0.4, -0.2) is 4.55 Å². The number of hydrogen-bond acceptors (Lipinski definition) is 2. The van der Waals surface area contributed by atoms with E-state index >= 15 is 0 Å². The Morgan fingerprint density at radius 1 is 1.09 bits per heavy atom. The molecule has 0 heterocycles. The number of benzene rings is 2. The standard InChI is InChI=1S/C19H23NOS/c1-4-11-18(16-12-7-5-8-13-16)20-22(21)19(2,3)17-14-9-6-10-15-17/h4-10,12-15,18,20H,1,11H2,2-3H3/t18-,22?/m0/s1. The number of rotatable bonds is 7. The predicted octanol–water partition coefficient (Wildman–Crippen LogP) is 4.49. The first-order valence-corrected chi connectivity index (χ1v) is 8.60. The molecule has 0 saturated carbocycles. The van der Waals surface area contributed by atoms with E-state index in [-0.39, 0.29) is 6.04 Å². The highest BCUT2D eigenvalue weighted by Gasteiger charge is 2.36. The Hall–Kier alpha value is -1.55. The van der Waals surface area contributed by atoms with Gasteiger partial charge in [-0.05, 0) is 25.8 Å². The minimum atomic E-state index is -1.21. The monoisotopic (exact) mass is 313 g/mol. The van der Waals surface area contributed by atoms with Crippen molar-refractivity contribution in [2.45, 2.75) is 31.1 Å². The SMILES string of the molecule is C=CC[C@H](N[S+]([O-])C(C)(C)c1ccccc1)c1ccccc1. The molecule has 0 radical (unpaired) electrons. The lowest BCUT2D eigenvalue weighted by Gasteiger charge is -2.31. The van der Waals surface area contributed by atoms with Crippen LogP contribution < -0.4 is 4.72 Å². The van der Waals surface area contributed by atoms with Crippen LogP contribution in [0, 0.1) is 0 Å². The molecule has 116 valence electrons. The van der Waals surface area contributed by atoms with Crippen LogP contribution >= 0.6 is 0 Å². The largest absolute Gasteiger partial charge is 0.597 e. The van der Waals surface area contributed by atoms with E-state index in [4.69, 9.17) is 0 Å². The molecule has 0 bridgehead atoms. The number of nitrogens with one attached hydrogen (secondary N) is 1. The van der Waals surface area contributed by atoms with Crippen LogP contribution in [-0.2, 0) is 16.1 Å². The summed E-state index contributed by atoms with van der Waals surface area (Å²) in [5, 5.41) is 0. The zero-order chi connectivity index (χ0) is 16.0. The van der Waals surface area contributed by atoms with Crippen LogP contribution in [0.15, 0.2) is 73.3 Å². The molecule has 0 fully saturated rings. The maximum atomic E-state index is 12.9. The Balaban J connectivity index is 2.17. The van der Waals surface area contributed by atoms with E-state index in [0.717, 1.165) is 17.5 Å². The molecule has 2 aromatic rings. The minimum Gasteiger partial charge on any atom is -0.597 e. The van der Waals surface area contributed by atoms with E-state index in [1.807, 2.05) is 80.6 Å². The van der Waals surface area contributed by atoms with E-state index in [1.54, 1.807) is 0 Å². The van der Waals surface area contributed by atoms with E-state index in [1.165, 1.54) is 0 Å². The van der Waals surface area contributed by atoms with E-state index in [9.17, 15) is 4.55 Å². The third kappa shape index (κ3) is 4.01. The first-order valence-electron chi connectivity index (χ1n) is 7.45. The molecule has 2 atom stereocenters. The molecule has 0 saturated heterocycles. The smallest absolute Gasteiger partial charge is 0.164 e. The van der Waals surface area contributed by atoms with E-state index in [2.05, 4.69) is 11.3 Å². The summed E-state index contributed by atoms with van der Waals surface area (Å²) in [6, 6.07) is 20.1. The van der Waals surface area contributed by atoms with Gasteiger partial charge in [0.2, 0.25) is 0 Å². The first kappa shape index (κ1) is 16.8. The van der Waals surface area contributed by atoms with Crippen LogP contribution in [0.5, 0.6) is 0 Å². The molecule has 0 spiro atoms. The highest BCUT2D eigenvalue weighted by atomic mass is 32.2. The predicted molar refractivity (Wildman–Crippen MR) is 94.7 cm³/mol. The highest BCUT2D eigenvalue weighted by molar-refractivity contribution is 7.90. The highest BCUT2D eigenvalue weighted by Crippen LogP contribution is 2.31. The fraction of sp³-hybridized carbons (Fsp3) is 0.263. The normalized spacial score (nSPS) is 14.3. The lowest BCUT2D eigenvalue weighted by atomic mass is 10.0. The Labute approximate surface area is 136 Å². The van der Waals surface area contributed by atoms with Gasteiger partial charge in [-0.15, -0.1) is 11.3 Å². The second kappa shape index (κ2) is 7.63. The quantitative estimate of drug-likeness (QED) is 0.603. The van der Waals surface area contributed by atoms with Crippen molar-refractivity contribution in [3.63, 3.8) is 0 Å². The molecule has 3 heteroatoms. The third-order valence-corrected chi connectivity index (χ3v) is 5.45. The molecule has 2 aromatic carbocycles. The topological polar surface area (TPSA) is 35.1 Å². The Bertz CT molecular complexity index is 583. The average molecular weight is 313 g/mol. The van der Waals surface area contributed by atoms with Gasteiger partial charge in [0, 0.05) is 16.9 Å². The van der Waals surface area contributed by atoms with Gasteiger partial charge in [0.1, 0.15) is 0 Å². The zero-order valence-electron chi connectivity index (χ0n) is 13.2.